The Bertz CT molecular complexity index is 581. The number of pyridine rings is 1. The van der Waals surface area contributed by atoms with Crippen molar-refractivity contribution < 1.29 is 19.1 Å². The van der Waals surface area contributed by atoms with Gasteiger partial charge in [0.25, 0.3) is 5.91 Å². The van der Waals surface area contributed by atoms with Crippen molar-refractivity contribution in [3.05, 3.63) is 28.8 Å². The highest BCUT2D eigenvalue weighted by Crippen LogP contribution is 2.33. The molecule has 0 aliphatic heterocycles. The van der Waals surface area contributed by atoms with Crippen molar-refractivity contribution in [2.45, 2.75) is 38.1 Å². The number of hydrogen-bond donors (Lipinski definition) is 2. The van der Waals surface area contributed by atoms with E-state index in [-0.39, 0.29) is 16.6 Å². The van der Waals surface area contributed by atoms with Crippen LogP contribution in [0.5, 0.6) is 0 Å². The summed E-state index contributed by atoms with van der Waals surface area (Å²) in [5.74, 6) is -2.31. The topological polar surface area (TPSA) is 79.3 Å². The third-order valence-corrected chi connectivity index (χ3v) is 4.11. The summed E-state index contributed by atoms with van der Waals surface area (Å²) in [7, 11) is 0. The van der Waals surface area contributed by atoms with Gasteiger partial charge < -0.3 is 10.4 Å². The van der Waals surface area contributed by atoms with Crippen LogP contribution in [0, 0.1) is 11.7 Å². The Kier molecular flexibility index (Phi) is 4.46. The molecule has 21 heavy (non-hydrogen) atoms. The molecular formula is C14H16ClFN2O3. The van der Waals surface area contributed by atoms with Gasteiger partial charge >= 0.3 is 5.97 Å². The highest BCUT2D eigenvalue weighted by molar-refractivity contribution is 6.32. The maximum atomic E-state index is 13.2. The molecule has 1 heterocycles. The summed E-state index contributed by atoms with van der Waals surface area (Å²) in [5, 5.41) is 11.9. The zero-order valence-corrected chi connectivity index (χ0v) is 12.3. The summed E-state index contributed by atoms with van der Waals surface area (Å²) in [4.78, 5) is 27.4. The number of amides is 1. The first-order valence-corrected chi connectivity index (χ1v) is 7.09. The number of carboxylic acid groups (broad SMARTS) is 1. The molecule has 1 saturated carbocycles. The first kappa shape index (κ1) is 15.7. The average Bonchev–Trinajstić information content (AvgIpc) is 2.41. The number of halogens is 2. The minimum Gasteiger partial charge on any atom is -0.480 e. The Hall–Kier alpha value is -1.69. The molecule has 114 valence electrons. The van der Waals surface area contributed by atoms with Gasteiger partial charge in [-0.3, -0.25) is 4.79 Å². The van der Waals surface area contributed by atoms with Crippen LogP contribution in [0.1, 0.15) is 43.0 Å². The van der Waals surface area contributed by atoms with Crippen molar-refractivity contribution in [3.63, 3.8) is 0 Å². The molecule has 2 rings (SSSR count). The van der Waals surface area contributed by atoms with Gasteiger partial charge in [-0.2, -0.15) is 0 Å². The molecule has 0 aromatic carbocycles. The molecule has 2 N–H and O–H groups in total. The van der Waals surface area contributed by atoms with Crippen LogP contribution in [0.3, 0.4) is 0 Å². The SMILES string of the molecule is CC1CCCC(NC(=O)c2cc(F)cnc2Cl)(C(=O)O)C1. The van der Waals surface area contributed by atoms with Gasteiger partial charge in [0.05, 0.1) is 11.8 Å². The smallest absolute Gasteiger partial charge is 0.329 e. The second-order valence-corrected chi connectivity index (χ2v) is 5.89. The Labute approximate surface area is 126 Å². The van der Waals surface area contributed by atoms with Crippen LogP contribution < -0.4 is 5.32 Å². The first-order chi connectivity index (χ1) is 9.84. The number of carbonyl (C=O) groups is 2. The quantitative estimate of drug-likeness (QED) is 0.841. The largest absolute Gasteiger partial charge is 0.480 e. The van der Waals surface area contributed by atoms with Gasteiger partial charge in [-0.05, 0) is 24.8 Å². The summed E-state index contributed by atoms with van der Waals surface area (Å²) in [6.45, 7) is 1.94. The Balaban J connectivity index is 2.27. The van der Waals surface area contributed by atoms with Crippen LogP contribution in [-0.2, 0) is 4.79 Å². The number of nitrogens with one attached hydrogen (secondary N) is 1. The Morgan fingerprint density at radius 3 is 2.90 bits per heavy atom. The van der Waals surface area contributed by atoms with Crippen molar-refractivity contribution in [2.24, 2.45) is 5.92 Å². The summed E-state index contributed by atoms with van der Waals surface area (Å²) >= 11 is 5.78. The van der Waals surface area contributed by atoms with Gasteiger partial charge in [0.1, 0.15) is 16.5 Å². The lowest BCUT2D eigenvalue weighted by molar-refractivity contribution is -0.146. The van der Waals surface area contributed by atoms with Crippen LogP contribution in [-0.4, -0.2) is 27.5 Å². The van der Waals surface area contributed by atoms with Gasteiger partial charge in [0.15, 0.2) is 0 Å². The lowest BCUT2D eigenvalue weighted by Crippen LogP contribution is -2.56. The Morgan fingerprint density at radius 1 is 1.57 bits per heavy atom. The second-order valence-electron chi connectivity index (χ2n) is 5.53. The third kappa shape index (κ3) is 3.32. The maximum absolute atomic E-state index is 13.2. The lowest BCUT2D eigenvalue weighted by atomic mass is 9.76. The fraction of sp³-hybridized carbons (Fsp3) is 0.500. The van der Waals surface area contributed by atoms with Crippen LogP contribution in [0.4, 0.5) is 4.39 Å². The maximum Gasteiger partial charge on any atom is 0.329 e. The van der Waals surface area contributed by atoms with E-state index in [0.717, 1.165) is 18.7 Å². The molecule has 2 unspecified atom stereocenters. The fourth-order valence-corrected chi connectivity index (χ4v) is 2.97. The van der Waals surface area contributed by atoms with E-state index in [1.54, 1.807) is 0 Å². The third-order valence-electron chi connectivity index (χ3n) is 3.81. The van der Waals surface area contributed by atoms with E-state index in [0.29, 0.717) is 19.3 Å². The number of hydrogen-bond acceptors (Lipinski definition) is 3. The molecule has 5 nitrogen and oxygen atoms in total. The summed E-state index contributed by atoms with van der Waals surface area (Å²) in [6, 6.07) is 0.951. The molecule has 1 aliphatic rings. The molecule has 2 atom stereocenters. The van der Waals surface area contributed by atoms with E-state index in [9.17, 15) is 19.1 Å². The van der Waals surface area contributed by atoms with Crippen molar-refractivity contribution in [2.75, 3.05) is 0 Å². The Morgan fingerprint density at radius 2 is 2.29 bits per heavy atom. The van der Waals surface area contributed by atoms with Gasteiger partial charge in [-0.1, -0.05) is 31.4 Å². The highest BCUT2D eigenvalue weighted by Gasteiger charge is 2.43. The molecule has 0 bridgehead atoms. The summed E-state index contributed by atoms with van der Waals surface area (Å²) < 4.78 is 13.2. The van der Waals surface area contributed by atoms with E-state index < -0.39 is 23.2 Å². The second kappa shape index (κ2) is 5.97. The normalized spacial score (nSPS) is 25.4. The molecule has 0 radical (unpaired) electrons. The average molecular weight is 315 g/mol. The molecular weight excluding hydrogens is 299 g/mol. The summed E-state index contributed by atoms with van der Waals surface area (Å²) in [5.41, 5.74) is -1.49. The minimum atomic E-state index is -1.33. The van der Waals surface area contributed by atoms with Gasteiger partial charge in [-0.15, -0.1) is 0 Å². The first-order valence-electron chi connectivity index (χ1n) is 6.71. The number of rotatable bonds is 3. The van der Waals surface area contributed by atoms with E-state index >= 15 is 0 Å². The monoisotopic (exact) mass is 314 g/mol. The van der Waals surface area contributed by atoms with Crippen molar-refractivity contribution in [1.29, 1.82) is 0 Å². The van der Waals surface area contributed by atoms with Crippen LogP contribution in [0.2, 0.25) is 5.15 Å². The number of carbonyl (C=O) groups excluding carboxylic acids is 1. The van der Waals surface area contributed by atoms with Gasteiger partial charge in [0.2, 0.25) is 0 Å². The van der Waals surface area contributed by atoms with E-state index in [4.69, 9.17) is 11.6 Å². The molecule has 1 fully saturated rings. The number of aliphatic carboxylic acids is 1. The molecule has 7 heteroatoms. The zero-order chi connectivity index (χ0) is 15.6. The van der Waals surface area contributed by atoms with Crippen LogP contribution in [0.15, 0.2) is 12.3 Å². The molecule has 1 aromatic heterocycles. The standard InChI is InChI=1S/C14H16ClFN2O3/c1-8-3-2-4-14(6-8,13(20)21)18-12(19)10-5-9(16)7-17-11(10)15/h5,7-8H,2-4,6H2,1H3,(H,18,19)(H,20,21). The zero-order valence-electron chi connectivity index (χ0n) is 11.5. The molecule has 1 aromatic rings. The fourth-order valence-electron chi connectivity index (χ4n) is 2.78. The van der Waals surface area contributed by atoms with Gasteiger partial charge in [-0.25, -0.2) is 14.2 Å². The summed E-state index contributed by atoms with van der Waals surface area (Å²) in [6.07, 6.45) is 3.22. The minimum absolute atomic E-state index is 0.154. The van der Waals surface area contributed by atoms with Crippen LogP contribution in [0.25, 0.3) is 0 Å². The van der Waals surface area contributed by atoms with Gasteiger partial charge in [0, 0.05) is 0 Å². The number of carboxylic acids is 1. The molecule has 0 spiro atoms. The van der Waals surface area contributed by atoms with Crippen molar-refractivity contribution in [3.8, 4) is 0 Å². The van der Waals surface area contributed by atoms with Crippen molar-refractivity contribution in [1.82, 2.24) is 10.3 Å². The van der Waals surface area contributed by atoms with Crippen LogP contribution >= 0.6 is 11.6 Å². The molecule has 1 amide bonds. The predicted octanol–water partition coefficient (Wildman–Crippen LogP) is 2.64. The number of aromatic nitrogens is 1. The van der Waals surface area contributed by atoms with E-state index in [1.807, 2.05) is 6.92 Å². The predicted molar refractivity (Wildman–Crippen MR) is 74.7 cm³/mol. The lowest BCUT2D eigenvalue weighted by Gasteiger charge is -2.37. The molecule has 0 saturated heterocycles. The van der Waals surface area contributed by atoms with Crippen molar-refractivity contribution >= 4 is 23.5 Å². The molecule has 1 aliphatic carbocycles. The van der Waals surface area contributed by atoms with E-state index in [2.05, 4.69) is 10.3 Å². The van der Waals surface area contributed by atoms with E-state index in [1.165, 1.54) is 0 Å². The number of nitrogens with zero attached hydrogens (tertiary/aromatic N) is 1. The highest BCUT2D eigenvalue weighted by atomic mass is 35.5.